The van der Waals surface area contributed by atoms with Crippen molar-refractivity contribution in [2.45, 2.75) is 31.7 Å². The number of para-hydroxylation sites is 3. The fourth-order valence-electron chi connectivity index (χ4n) is 3.56. The van der Waals surface area contributed by atoms with E-state index in [2.05, 4.69) is 6.92 Å². The summed E-state index contributed by atoms with van der Waals surface area (Å²) in [5.74, 6) is 0.225. The molecule has 1 heterocycles. The van der Waals surface area contributed by atoms with Crippen molar-refractivity contribution in [1.29, 1.82) is 0 Å². The van der Waals surface area contributed by atoms with Crippen LogP contribution in [0, 0.1) is 0 Å². The zero-order chi connectivity index (χ0) is 22.4. The van der Waals surface area contributed by atoms with Crippen molar-refractivity contribution >= 4 is 20.7 Å². The molecule has 0 amide bonds. The minimum Gasteiger partial charge on any atom is -0.483 e. The van der Waals surface area contributed by atoms with Crippen molar-refractivity contribution < 1.29 is 27.6 Å². The summed E-state index contributed by atoms with van der Waals surface area (Å²) in [6.45, 7) is 2.08. The minimum absolute atomic E-state index is 0.166. The van der Waals surface area contributed by atoms with E-state index in [1.54, 1.807) is 24.3 Å². The predicted octanol–water partition coefficient (Wildman–Crippen LogP) is 4.96. The number of esters is 2. The highest BCUT2D eigenvalue weighted by Gasteiger charge is 2.65. The summed E-state index contributed by atoms with van der Waals surface area (Å²) in [6.07, 6.45) is 1.53. The van der Waals surface area contributed by atoms with Crippen molar-refractivity contribution in [3.05, 3.63) is 90.5 Å². The number of benzene rings is 3. The van der Waals surface area contributed by atoms with Gasteiger partial charge in [-0.05, 0) is 42.3 Å². The van der Waals surface area contributed by atoms with Crippen LogP contribution < -0.4 is 13.3 Å². The van der Waals surface area contributed by atoms with Gasteiger partial charge in [0.05, 0.1) is 6.42 Å². The molecule has 1 fully saturated rings. The Morgan fingerprint density at radius 1 is 0.812 bits per heavy atom. The van der Waals surface area contributed by atoms with Gasteiger partial charge in [-0.3, -0.25) is 9.59 Å². The molecular weight excluding hydrogens is 424 g/mol. The molecule has 1 unspecified atom stereocenters. The molecule has 1 aliphatic rings. The lowest BCUT2D eigenvalue weighted by Crippen LogP contribution is -2.60. The first kappa shape index (κ1) is 21.6. The van der Waals surface area contributed by atoms with E-state index in [4.69, 9.17) is 18.0 Å². The summed E-state index contributed by atoms with van der Waals surface area (Å²) in [5, 5.41) is 0. The van der Waals surface area contributed by atoms with Gasteiger partial charge in [0.2, 0.25) is 0 Å². The summed E-state index contributed by atoms with van der Waals surface area (Å²) in [7, 11) is -3.95. The van der Waals surface area contributed by atoms with E-state index in [0.29, 0.717) is 17.2 Å². The van der Waals surface area contributed by atoms with Crippen molar-refractivity contribution in [1.82, 2.24) is 0 Å². The first-order valence-electron chi connectivity index (χ1n) is 10.6. The van der Waals surface area contributed by atoms with Crippen molar-refractivity contribution in [3.63, 3.8) is 0 Å². The molecule has 6 nitrogen and oxygen atoms in total. The van der Waals surface area contributed by atoms with Gasteiger partial charge in [0.15, 0.2) is 5.54 Å². The van der Waals surface area contributed by atoms with Crippen molar-refractivity contribution in [2.75, 3.05) is 0 Å². The molecule has 3 aromatic carbocycles. The quantitative estimate of drug-likeness (QED) is 0.262. The zero-order valence-corrected chi connectivity index (χ0v) is 18.7. The third-order valence-electron chi connectivity index (χ3n) is 5.05. The fourth-order valence-corrected chi connectivity index (χ4v) is 6.31. The molecule has 1 aliphatic heterocycles. The molecule has 7 heteroatoms. The Morgan fingerprint density at radius 2 is 1.38 bits per heavy atom. The number of cyclic esters (lactones) is 2. The number of hydrogen-bond donors (Lipinski definition) is 0. The number of rotatable bonds is 9. The molecule has 0 spiro atoms. The maximum atomic E-state index is 12.8. The van der Waals surface area contributed by atoms with Gasteiger partial charge in [0.25, 0.3) is 0 Å². The van der Waals surface area contributed by atoms with Gasteiger partial charge in [0, 0.05) is 0 Å². The monoisotopic (exact) mass is 448 g/mol. The number of aryl methyl sites for hydroxylation is 1. The second-order valence-corrected chi connectivity index (χ2v) is 9.96. The summed E-state index contributed by atoms with van der Waals surface area (Å²) in [6, 6.07) is 25.6. The molecule has 4 rings (SSSR count). The average molecular weight is 449 g/mol. The molecule has 1 atom stereocenters. The highest BCUT2D eigenvalue weighted by molar-refractivity contribution is 6.69. The van der Waals surface area contributed by atoms with E-state index in [1.807, 2.05) is 60.7 Å². The van der Waals surface area contributed by atoms with Crippen LogP contribution in [0.4, 0.5) is 0 Å². The first-order valence-corrected chi connectivity index (χ1v) is 12.4. The molecule has 3 aromatic rings. The van der Waals surface area contributed by atoms with Gasteiger partial charge in [-0.25, -0.2) is 0 Å². The van der Waals surface area contributed by atoms with Crippen LogP contribution in [0.1, 0.15) is 25.3 Å². The van der Waals surface area contributed by atoms with Crippen LogP contribution in [-0.2, 0) is 20.7 Å². The third kappa shape index (κ3) is 4.83. The Hall–Kier alpha value is -3.58. The van der Waals surface area contributed by atoms with Crippen molar-refractivity contribution in [3.8, 4) is 17.2 Å². The van der Waals surface area contributed by atoms with E-state index in [-0.39, 0.29) is 6.42 Å². The second kappa shape index (κ2) is 9.70. The minimum atomic E-state index is -3.95. The summed E-state index contributed by atoms with van der Waals surface area (Å²) in [4.78, 5) is 24.8. The highest BCUT2D eigenvalue weighted by atomic mass is 28.4. The lowest BCUT2D eigenvalue weighted by Gasteiger charge is -2.33. The van der Waals surface area contributed by atoms with Crippen molar-refractivity contribution in [2.24, 2.45) is 0 Å². The summed E-state index contributed by atoms with van der Waals surface area (Å²) in [5.41, 5.74) is -0.0250. The molecule has 0 radical (unpaired) electrons. The smallest absolute Gasteiger partial charge is 0.483 e. The van der Waals surface area contributed by atoms with E-state index < -0.39 is 26.3 Å². The molecule has 0 N–H and O–H groups in total. The van der Waals surface area contributed by atoms with E-state index in [0.717, 1.165) is 18.4 Å². The van der Waals surface area contributed by atoms with Crippen LogP contribution in [-0.4, -0.2) is 20.7 Å². The van der Waals surface area contributed by atoms with Crippen LogP contribution >= 0.6 is 0 Å². The maximum Gasteiger partial charge on any atom is 0.715 e. The van der Waals surface area contributed by atoms with Gasteiger partial charge in [-0.2, -0.15) is 0 Å². The first-order chi connectivity index (χ1) is 15.6. The lowest BCUT2D eigenvalue weighted by molar-refractivity contribution is -0.152. The molecule has 32 heavy (non-hydrogen) atoms. The molecule has 0 aromatic heterocycles. The van der Waals surface area contributed by atoms with Crippen LogP contribution in [0.2, 0.25) is 5.54 Å². The second-order valence-electron chi connectivity index (χ2n) is 7.44. The molecule has 0 bridgehead atoms. The SMILES string of the molecule is CCCc1ccccc1O[Si](Oc1ccccc1)(Oc1ccccc1)C1CC(=O)OC1=O. The number of ether oxygens (including phenoxy) is 1. The van der Waals surface area contributed by atoms with Gasteiger partial charge in [0.1, 0.15) is 17.2 Å². The molecule has 0 saturated carbocycles. The standard InChI is InChI=1S/C25H24O6Si/c1-2-11-19-12-9-10-17-22(19)31-32(23-18-24(26)28-25(23)27,29-20-13-5-3-6-14-20)30-21-15-7-4-8-16-21/h3-10,12-17,23H,2,11,18H2,1H3. The lowest BCUT2D eigenvalue weighted by atomic mass is 10.1. The van der Waals surface area contributed by atoms with E-state index >= 15 is 0 Å². The number of carbonyl (C=O) groups is 2. The van der Waals surface area contributed by atoms with Gasteiger partial charge < -0.3 is 18.0 Å². The topological polar surface area (TPSA) is 71.1 Å². The highest BCUT2D eigenvalue weighted by Crippen LogP contribution is 2.38. The largest absolute Gasteiger partial charge is 0.715 e. The Labute approximate surface area is 188 Å². The van der Waals surface area contributed by atoms with Crippen LogP contribution in [0.5, 0.6) is 17.2 Å². The fraction of sp³-hybridized carbons (Fsp3) is 0.200. The molecule has 0 aliphatic carbocycles. The normalized spacial score (nSPS) is 15.8. The number of carbonyl (C=O) groups excluding carboxylic acids is 2. The van der Waals surface area contributed by atoms with E-state index in [1.165, 1.54) is 0 Å². The van der Waals surface area contributed by atoms with Crippen LogP contribution in [0.3, 0.4) is 0 Å². The Bertz CT molecular complexity index is 1030. The van der Waals surface area contributed by atoms with Gasteiger partial charge in [-0.1, -0.05) is 67.9 Å². The summed E-state index contributed by atoms with van der Waals surface area (Å²) < 4.78 is 24.2. The number of hydrogen-bond acceptors (Lipinski definition) is 6. The maximum absolute atomic E-state index is 12.8. The van der Waals surface area contributed by atoms with Gasteiger partial charge in [-0.15, -0.1) is 0 Å². The summed E-state index contributed by atoms with van der Waals surface area (Å²) >= 11 is 0. The third-order valence-corrected chi connectivity index (χ3v) is 7.89. The van der Waals surface area contributed by atoms with Gasteiger partial charge >= 0.3 is 20.7 Å². The van der Waals surface area contributed by atoms with Crippen LogP contribution in [0.15, 0.2) is 84.9 Å². The van der Waals surface area contributed by atoms with Crippen LogP contribution in [0.25, 0.3) is 0 Å². The van der Waals surface area contributed by atoms with E-state index in [9.17, 15) is 9.59 Å². The Morgan fingerprint density at radius 3 is 1.91 bits per heavy atom. The predicted molar refractivity (Wildman–Crippen MR) is 120 cm³/mol. The average Bonchev–Trinajstić information content (AvgIpc) is 3.15. The molecular formula is C25H24O6Si. The Kier molecular flexibility index (Phi) is 6.56. The molecule has 164 valence electrons. The zero-order valence-electron chi connectivity index (χ0n) is 17.7. The Balaban J connectivity index is 1.83. The molecule has 1 saturated heterocycles.